The maximum Gasteiger partial charge on any atom is 0.141 e. The maximum absolute atomic E-state index is 10.5. The van der Waals surface area contributed by atoms with Gasteiger partial charge in [-0.1, -0.05) is 18.2 Å². The van der Waals surface area contributed by atoms with Gasteiger partial charge in [0, 0.05) is 5.56 Å². The van der Waals surface area contributed by atoms with Crippen LogP contribution in [0.2, 0.25) is 0 Å². The lowest BCUT2D eigenvalue weighted by Gasteiger charge is -2.07. The molecule has 0 saturated carbocycles. The van der Waals surface area contributed by atoms with Gasteiger partial charge in [0.1, 0.15) is 18.0 Å². The van der Waals surface area contributed by atoms with E-state index in [0.29, 0.717) is 17.6 Å². The van der Waals surface area contributed by atoms with E-state index in [9.17, 15) is 4.79 Å². The van der Waals surface area contributed by atoms with Crippen LogP contribution in [-0.4, -0.2) is 13.4 Å². The summed E-state index contributed by atoms with van der Waals surface area (Å²) in [6, 6.07) is 8.89. The molecule has 3 heteroatoms. The van der Waals surface area contributed by atoms with Gasteiger partial charge in [-0.15, -0.1) is 0 Å². The lowest BCUT2D eigenvalue weighted by Crippen LogP contribution is -1.99. The third-order valence-corrected chi connectivity index (χ3v) is 1.75. The van der Waals surface area contributed by atoms with Gasteiger partial charge in [-0.25, -0.2) is 0 Å². The summed E-state index contributed by atoms with van der Waals surface area (Å²) in [6.07, 6.45) is 0.609. The second kappa shape index (κ2) is 4.27. The fourth-order valence-electron chi connectivity index (χ4n) is 1.10. The van der Waals surface area contributed by atoms with Crippen molar-refractivity contribution in [3.05, 3.63) is 29.8 Å². The molecular weight excluding hydrogens is 166 g/mol. The first-order chi connectivity index (χ1) is 6.33. The minimum atomic E-state index is -0.740. The van der Waals surface area contributed by atoms with Gasteiger partial charge in [-0.3, -0.25) is 0 Å². The zero-order chi connectivity index (χ0) is 9.68. The molecule has 1 aromatic carbocycles. The highest BCUT2D eigenvalue weighted by Gasteiger charge is 2.13. The van der Waals surface area contributed by atoms with Crippen LogP contribution < -0.4 is 4.74 Å². The van der Waals surface area contributed by atoms with Gasteiger partial charge in [0.2, 0.25) is 0 Å². The number of ether oxygens (including phenoxy) is 1. The SMILES string of the molecule is COc1ccccc1[C@@H](C#N)C=O. The first kappa shape index (κ1) is 9.27. The van der Waals surface area contributed by atoms with E-state index in [1.165, 1.54) is 7.11 Å². The number of hydrogen-bond donors (Lipinski definition) is 0. The molecule has 1 aromatic rings. The fourth-order valence-corrected chi connectivity index (χ4v) is 1.10. The van der Waals surface area contributed by atoms with Crippen molar-refractivity contribution in [3.8, 4) is 11.8 Å². The Morgan fingerprint density at radius 1 is 1.54 bits per heavy atom. The average molecular weight is 175 g/mol. The van der Waals surface area contributed by atoms with E-state index in [1.54, 1.807) is 24.3 Å². The Kier molecular flexibility index (Phi) is 3.04. The van der Waals surface area contributed by atoms with Crippen molar-refractivity contribution in [1.29, 1.82) is 5.26 Å². The maximum atomic E-state index is 10.5. The number of hydrogen-bond acceptors (Lipinski definition) is 3. The van der Waals surface area contributed by atoms with Crippen LogP contribution in [0.25, 0.3) is 0 Å². The van der Waals surface area contributed by atoms with Crippen molar-refractivity contribution in [2.45, 2.75) is 5.92 Å². The number of aldehydes is 1. The Bertz CT molecular complexity index is 341. The summed E-state index contributed by atoms with van der Waals surface area (Å²) < 4.78 is 5.02. The Hall–Kier alpha value is -1.82. The lowest BCUT2D eigenvalue weighted by atomic mass is 10.0. The van der Waals surface area contributed by atoms with Crippen molar-refractivity contribution in [2.24, 2.45) is 0 Å². The van der Waals surface area contributed by atoms with Gasteiger partial charge in [-0.2, -0.15) is 5.26 Å². The summed E-state index contributed by atoms with van der Waals surface area (Å²) in [5.74, 6) is -0.169. The summed E-state index contributed by atoms with van der Waals surface area (Å²) in [7, 11) is 1.51. The molecule has 0 bridgehead atoms. The molecule has 1 rings (SSSR count). The van der Waals surface area contributed by atoms with Crippen molar-refractivity contribution in [2.75, 3.05) is 7.11 Å². The van der Waals surface area contributed by atoms with Crippen LogP contribution in [0.1, 0.15) is 11.5 Å². The Labute approximate surface area is 76.6 Å². The number of nitrogens with zero attached hydrogens (tertiary/aromatic N) is 1. The topological polar surface area (TPSA) is 50.1 Å². The van der Waals surface area contributed by atoms with Gasteiger partial charge in [0.05, 0.1) is 13.2 Å². The lowest BCUT2D eigenvalue weighted by molar-refractivity contribution is -0.108. The molecule has 0 saturated heterocycles. The molecular formula is C10H9NO2. The average Bonchev–Trinajstić information content (AvgIpc) is 2.20. The molecule has 0 radical (unpaired) electrons. The normalized spacial score (nSPS) is 11.4. The van der Waals surface area contributed by atoms with E-state index in [2.05, 4.69) is 0 Å². The molecule has 0 spiro atoms. The van der Waals surface area contributed by atoms with E-state index in [0.717, 1.165) is 0 Å². The van der Waals surface area contributed by atoms with Crippen LogP contribution in [0.15, 0.2) is 24.3 Å². The van der Waals surface area contributed by atoms with Crippen LogP contribution in [0.4, 0.5) is 0 Å². The molecule has 0 aromatic heterocycles. The van der Waals surface area contributed by atoms with Crippen molar-refractivity contribution in [1.82, 2.24) is 0 Å². The number of methoxy groups -OCH3 is 1. The van der Waals surface area contributed by atoms with Crippen molar-refractivity contribution >= 4 is 6.29 Å². The molecule has 13 heavy (non-hydrogen) atoms. The highest BCUT2D eigenvalue weighted by Crippen LogP contribution is 2.24. The van der Waals surface area contributed by atoms with Gasteiger partial charge >= 0.3 is 0 Å². The second-order valence-corrected chi connectivity index (χ2v) is 2.48. The Balaban J connectivity index is 3.12. The van der Waals surface area contributed by atoms with Crippen molar-refractivity contribution in [3.63, 3.8) is 0 Å². The minimum Gasteiger partial charge on any atom is -0.496 e. The van der Waals surface area contributed by atoms with Gasteiger partial charge < -0.3 is 9.53 Å². The summed E-state index contributed by atoms with van der Waals surface area (Å²) in [5.41, 5.74) is 0.613. The zero-order valence-electron chi connectivity index (χ0n) is 7.23. The highest BCUT2D eigenvalue weighted by molar-refractivity contribution is 5.68. The van der Waals surface area contributed by atoms with Crippen LogP contribution in [0.3, 0.4) is 0 Å². The summed E-state index contributed by atoms with van der Waals surface area (Å²) in [5, 5.41) is 8.66. The number of rotatable bonds is 3. The Morgan fingerprint density at radius 3 is 2.77 bits per heavy atom. The molecule has 0 amide bonds. The summed E-state index contributed by atoms with van der Waals surface area (Å²) in [4.78, 5) is 10.5. The third-order valence-electron chi connectivity index (χ3n) is 1.75. The first-order valence-corrected chi connectivity index (χ1v) is 3.81. The molecule has 0 fully saturated rings. The van der Waals surface area contributed by atoms with E-state index in [4.69, 9.17) is 10.00 Å². The first-order valence-electron chi connectivity index (χ1n) is 3.81. The highest BCUT2D eigenvalue weighted by atomic mass is 16.5. The number of carbonyl (C=O) groups is 1. The van der Waals surface area contributed by atoms with E-state index in [-0.39, 0.29) is 0 Å². The fraction of sp³-hybridized carbons (Fsp3) is 0.200. The molecule has 1 atom stereocenters. The summed E-state index contributed by atoms with van der Waals surface area (Å²) in [6.45, 7) is 0. The van der Waals surface area contributed by atoms with Crippen LogP contribution in [0.5, 0.6) is 5.75 Å². The predicted molar refractivity (Wildman–Crippen MR) is 47.4 cm³/mol. The van der Waals surface area contributed by atoms with Crippen LogP contribution >= 0.6 is 0 Å². The molecule has 0 aliphatic carbocycles. The molecule has 0 aliphatic heterocycles. The number of carbonyl (C=O) groups excluding carboxylic acids is 1. The molecule has 0 heterocycles. The number of para-hydroxylation sites is 1. The molecule has 0 N–H and O–H groups in total. The minimum absolute atomic E-state index is 0.571. The van der Waals surface area contributed by atoms with E-state index in [1.807, 2.05) is 6.07 Å². The second-order valence-electron chi connectivity index (χ2n) is 2.48. The monoisotopic (exact) mass is 175 g/mol. The van der Waals surface area contributed by atoms with E-state index < -0.39 is 5.92 Å². The standard InChI is InChI=1S/C10H9NO2/c1-13-10-5-3-2-4-9(10)8(6-11)7-12/h2-5,7-8H,1H3/t8-/m0/s1. The molecule has 66 valence electrons. The Morgan fingerprint density at radius 2 is 2.23 bits per heavy atom. The van der Waals surface area contributed by atoms with E-state index >= 15 is 0 Å². The van der Waals surface area contributed by atoms with Crippen molar-refractivity contribution < 1.29 is 9.53 Å². The van der Waals surface area contributed by atoms with Gasteiger partial charge in [0.25, 0.3) is 0 Å². The largest absolute Gasteiger partial charge is 0.496 e. The quantitative estimate of drug-likeness (QED) is 0.654. The number of benzene rings is 1. The van der Waals surface area contributed by atoms with Crippen LogP contribution in [0, 0.1) is 11.3 Å². The van der Waals surface area contributed by atoms with Crippen LogP contribution in [-0.2, 0) is 4.79 Å². The predicted octanol–water partition coefficient (Wildman–Crippen LogP) is 1.50. The number of nitriles is 1. The molecule has 0 aliphatic rings. The molecule has 0 unspecified atom stereocenters. The zero-order valence-corrected chi connectivity index (χ0v) is 7.23. The molecule has 3 nitrogen and oxygen atoms in total. The van der Waals surface area contributed by atoms with Gasteiger partial charge in [0.15, 0.2) is 0 Å². The van der Waals surface area contributed by atoms with Gasteiger partial charge in [-0.05, 0) is 6.07 Å². The smallest absolute Gasteiger partial charge is 0.141 e. The summed E-state index contributed by atoms with van der Waals surface area (Å²) >= 11 is 0. The third kappa shape index (κ3) is 1.85.